The summed E-state index contributed by atoms with van der Waals surface area (Å²) in [5.74, 6) is 3.00. The van der Waals surface area contributed by atoms with Gasteiger partial charge in [-0.3, -0.25) is 9.56 Å². The largest absolute Gasteiger partial charge is 0.399 e. The van der Waals surface area contributed by atoms with Crippen LogP contribution >= 0.6 is 0 Å². The Kier molecular flexibility index (Phi) is 4.98. The van der Waals surface area contributed by atoms with Gasteiger partial charge in [0.25, 0.3) is 0 Å². The molecule has 2 aliphatic heterocycles. The summed E-state index contributed by atoms with van der Waals surface area (Å²) in [5, 5.41) is 13.5. The molecule has 0 radical (unpaired) electrons. The second-order valence-corrected chi connectivity index (χ2v) is 8.21. The summed E-state index contributed by atoms with van der Waals surface area (Å²) in [6, 6.07) is 2.22. The van der Waals surface area contributed by atoms with Gasteiger partial charge in [0.1, 0.15) is 17.3 Å². The molecule has 156 valence electrons. The van der Waals surface area contributed by atoms with Gasteiger partial charge in [0.15, 0.2) is 0 Å². The maximum atomic E-state index is 5.96. The second-order valence-electron chi connectivity index (χ2n) is 8.21. The quantitative estimate of drug-likeness (QED) is 0.836. The zero-order chi connectivity index (χ0) is 20.5. The van der Waals surface area contributed by atoms with Gasteiger partial charge in [-0.2, -0.15) is 0 Å². The number of hydrogen-bond donors (Lipinski definition) is 1. The number of rotatable bonds is 4. The number of aromatic nitrogens is 4. The van der Waals surface area contributed by atoms with Gasteiger partial charge >= 0.3 is 0 Å². The minimum Gasteiger partial charge on any atom is -0.399 e. The first-order valence-corrected chi connectivity index (χ1v) is 10.7. The summed E-state index contributed by atoms with van der Waals surface area (Å²) in [6.07, 6.45) is 17.0. The highest BCUT2D eigenvalue weighted by Gasteiger charge is 2.32. The molecule has 3 aliphatic rings. The highest BCUT2D eigenvalue weighted by Crippen LogP contribution is 2.36. The Morgan fingerprint density at radius 1 is 1.13 bits per heavy atom. The van der Waals surface area contributed by atoms with Crippen LogP contribution in [-0.4, -0.2) is 32.7 Å². The molecule has 0 amide bonds. The molecule has 0 spiro atoms. The molecule has 1 saturated heterocycles. The molecule has 1 fully saturated rings. The van der Waals surface area contributed by atoms with Crippen molar-refractivity contribution in [3.63, 3.8) is 0 Å². The van der Waals surface area contributed by atoms with Gasteiger partial charge in [-0.25, -0.2) is 0 Å². The molecule has 2 aromatic heterocycles. The van der Waals surface area contributed by atoms with E-state index in [9.17, 15) is 0 Å². The summed E-state index contributed by atoms with van der Waals surface area (Å²) < 4.78 is 7.84. The Hall–Kier alpha value is -3.16. The zero-order valence-electron chi connectivity index (χ0n) is 17.2. The van der Waals surface area contributed by atoms with E-state index in [-0.39, 0.29) is 17.9 Å². The number of nitrogens with two attached hydrogens (primary N) is 1. The monoisotopic (exact) mass is 405 g/mol. The molecule has 4 heterocycles. The third-order valence-electron chi connectivity index (χ3n) is 6.17. The lowest BCUT2D eigenvalue weighted by atomic mass is 9.94. The number of aliphatic imine (C=N–C) groups is 1. The van der Waals surface area contributed by atoms with Crippen molar-refractivity contribution in [2.24, 2.45) is 17.8 Å². The Labute approximate surface area is 175 Å². The molecule has 0 saturated carbocycles. The molecule has 8 heteroatoms. The van der Waals surface area contributed by atoms with Crippen LogP contribution < -0.4 is 10.6 Å². The predicted octanol–water partition coefficient (Wildman–Crippen LogP) is 3.49. The van der Waals surface area contributed by atoms with E-state index in [1.807, 2.05) is 31.6 Å². The Morgan fingerprint density at radius 3 is 2.87 bits per heavy atom. The maximum absolute atomic E-state index is 5.96. The molecule has 2 aromatic rings. The molecular formula is C22H27N7O. The van der Waals surface area contributed by atoms with Gasteiger partial charge in [0.05, 0.1) is 12.0 Å². The summed E-state index contributed by atoms with van der Waals surface area (Å²) in [6.45, 7) is 0.927. The van der Waals surface area contributed by atoms with Crippen LogP contribution in [0.15, 0.2) is 51.8 Å². The third kappa shape index (κ3) is 3.46. The lowest BCUT2D eigenvalue weighted by Gasteiger charge is -2.35. The molecule has 8 nitrogen and oxygen atoms in total. The van der Waals surface area contributed by atoms with Gasteiger partial charge in [-0.1, -0.05) is 23.4 Å². The van der Waals surface area contributed by atoms with Crippen LogP contribution in [0.2, 0.25) is 0 Å². The number of anilines is 1. The van der Waals surface area contributed by atoms with Gasteiger partial charge in [0.2, 0.25) is 5.95 Å². The van der Waals surface area contributed by atoms with Crippen LogP contribution in [0.5, 0.6) is 0 Å². The SMILES string of the molecule is Cn1c(C2C=NC=CC2)nnc1N1CCCC[C@@H]1c1cc(C2C=C(N)C=CC2)on1. The Morgan fingerprint density at radius 2 is 2.03 bits per heavy atom. The van der Waals surface area contributed by atoms with E-state index < -0.39 is 0 Å². The average molecular weight is 406 g/mol. The molecule has 30 heavy (non-hydrogen) atoms. The average Bonchev–Trinajstić information content (AvgIpc) is 3.42. The van der Waals surface area contributed by atoms with Crippen LogP contribution in [0.1, 0.15) is 67.3 Å². The Bertz CT molecular complexity index is 1030. The predicted molar refractivity (Wildman–Crippen MR) is 115 cm³/mol. The molecule has 1 aliphatic carbocycles. The summed E-state index contributed by atoms with van der Waals surface area (Å²) in [5.41, 5.74) is 7.69. The lowest BCUT2D eigenvalue weighted by molar-refractivity contribution is 0.354. The van der Waals surface area contributed by atoms with Crippen molar-refractivity contribution in [3.8, 4) is 0 Å². The van der Waals surface area contributed by atoms with Crippen LogP contribution in [0.4, 0.5) is 5.95 Å². The molecule has 2 unspecified atom stereocenters. The molecule has 5 rings (SSSR count). The van der Waals surface area contributed by atoms with E-state index in [4.69, 9.17) is 10.3 Å². The first kappa shape index (κ1) is 18.8. The first-order chi connectivity index (χ1) is 14.7. The van der Waals surface area contributed by atoms with Crippen LogP contribution in [0, 0.1) is 0 Å². The van der Waals surface area contributed by atoms with Crippen LogP contribution in [0.25, 0.3) is 0 Å². The second kappa shape index (κ2) is 7.93. The highest BCUT2D eigenvalue weighted by atomic mass is 16.5. The first-order valence-electron chi connectivity index (χ1n) is 10.7. The topological polar surface area (TPSA) is 98.4 Å². The van der Waals surface area contributed by atoms with Crippen molar-refractivity contribution in [2.45, 2.75) is 50.0 Å². The lowest BCUT2D eigenvalue weighted by Crippen LogP contribution is -2.35. The van der Waals surface area contributed by atoms with Crippen LogP contribution in [-0.2, 0) is 7.05 Å². The van der Waals surface area contributed by atoms with Gasteiger partial charge < -0.3 is 15.2 Å². The van der Waals surface area contributed by atoms with E-state index >= 15 is 0 Å². The van der Waals surface area contributed by atoms with E-state index in [1.54, 1.807) is 0 Å². The van der Waals surface area contributed by atoms with E-state index in [2.05, 4.69) is 48.0 Å². The molecule has 0 bridgehead atoms. The molecule has 2 N–H and O–H groups in total. The van der Waals surface area contributed by atoms with Crippen molar-refractivity contribution in [3.05, 3.63) is 59.5 Å². The molecule has 3 atom stereocenters. The summed E-state index contributed by atoms with van der Waals surface area (Å²) in [7, 11) is 2.04. The summed E-state index contributed by atoms with van der Waals surface area (Å²) in [4.78, 5) is 6.59. The minimum absolute atomic E-state index is 0.132. The number of piperidine rings is 1. The molecular weight excluding hydrogens is 378 g/mol. The van der Waals surface area contributed by atoms with Gasteiger partial charge in [-0.15, -0.1) is 10.2 Å². The van der Waals surface area contributed by atoms with Gasteiger partial charge in [-0.05, 0) is 38.2 Å². The smallest absolute Gasteiger partial charge is 0.227 e. The number of nitrogens with zero attached hydrogens (tertiary/aromatic N) is 6. The summed E-state index contributed by atoms with van der Waals surface area (Å²) >= 11 is 0. The van der Waals surface area contributed by atoms with Crippen molar-refractivity contribution < 1.29 is 4.52 Å². The van der Waals surface area contributed by atoms with Crippen molar-refractivity contribution in [1.82, 2.24) is 19.9 Å². The van der Waals surface area contributed by atoms with E-state index in [1.165, 1.54) is 0 Å². The highest BCUT2D eigenvalue weighted by molar-refractivity contribution is 5.68. The number of hydrogen-bond acceptors (Lipinski definition) is 7. The van der Waals surface area contributed by atoms with Crippen LogP contribution in [0.3, 0.4) is 0 Å². The fraction of sp³-hybridized carbons (Fsp3) is 0.455. The van der Waals surface area contributed by atoms with E-state index in [0.29, 0.717) is 0 Å². The fourth-order valence-corrected chi connectivity index (χ4v) is 4.58. The molecule has 0 aromatic carbocycles. The standard InChI is InChI=1S/C22H27N7O/c1-28-21(16-7-5-10-24-14-16)25-26-22(28)29-11-3-2-9-19(29)18-13-20(30-27-18)15-6-4-8-17(23)12-15/h4-5,8,10,12-16,19H,2-3,6-7,9,11,23H2,1H3/t15?,16?,19-/m1/s1. The van der Waals surface area contributed by atoms with E-state index in [0.717, 1.165) is 67.6 Å². The van der Waals surface area contributed by atoms with Crippen molar-refractivity contribution >= 4 is 12.2 Å². The Balaban J connectivity index is 1.41. The van der Waals surface area contributed by atoms with Gasteiger partial charge in [0, 0.05) is 43.7 Å². The van der Waals surface area contributed by atoms with Crippen molar-refractivity contribution in [1.29, 1.82) is 0 Å². The number of allylic oxidation sites excluding steroid dienone is 4. The fourth-order valence-electron chi connectivity index (χ4n) is 4.58. The van der Waals surface area contributed by atoms with Crippen molar-refractivity contribution in [2.75, 3.05) is 11.4 Å². The third-order valence-corrected chi connectivity index (χ3v) is 6.17. The normalized spacial score (nSPS) is 26.2. The zero-order valence-corrected chi connectivity index (χ0v) is 17.2. The minimum atomic E-state index is 0.132. The maximum Gasteiger partial charge on any atom is 0.227 e.